The number of aromatic nitrogens is 2. The smallest absolute Gasteiger partial charge is 0.269 e. The molecule has 2 aromatic heterocycles. The number of carbonyl (C=O) groups excluding carboxylic acids is 2. The highest BCUT2D eigenvalue weighted by molar-refractivity contribution is 7.13. The number of nitrogens with one attached hydrogen (secondary N) is 1. The van der Waals surface area contributed by atoms with Gasteiger partial charge in [-0.1, -0.05) is 12.1 Å². The van der Waals surface area contributed by atoms with E-state index in [1.54, 1.807) is 27.1 Å². The highest BCUT2D eigenvalue weighted by Crippen LogP contribution is 2.35. The first-order valence-electron chi connectivity index (χ1n) is 8.13. The molecular weight excluding hydrogens is 364 g/mol. The Hall–Kier alpha value is -3.10. The topological polar surface area (TPSA) is 84.4 Å². The molecule has 0 aliphatic carbocycles. The Morgan fingerprint density at radius 2 is 2.07 bits per heavy atom. The van der Waals surface area contributed by atoms with E-state index in [4.69, 9.17) is 4.74 Å². The zero-order valence-corrected chi connectivity index (χ0v) is 15.9. The van der Waals surface area contributed by atoms with Crippen LogP contribution in [0.15, 0.2) is 47.4 Å². The SMILES string of the molecule is CNN(C(=O)/C(C)=C\C=O)c1nc(-c2cccs2)nc2cccc(OC)c12. The van der Waals surface area contributed by atoms with Gasteiger partial charge in [0, 0.05) is 12.6 Å². The number of methoxy groups -OCH3 is 1. The number of hydrogen-bond acceptors (Lipinski definition) is 7. The number of anilines is 1. The van der Waals surface area contributed by atoms with Gasteiger partial charge in [0.2, 0.25) is 0 Å². The summed E-state index contributed by atoms with van der Waals surface area (Å²) in [6, 6.07) is 9.29. The summed E-state index contributed by atoms with van der Waals surface area (Å²) in [7, 11) is 3.16. The third-order valence-corrected chi connectivity index (χ3v) is 4.79. The number of ether oxygens (including phenoxy) is 1. The van der Waals surface area contributed by atoms with Crippen molar-refractivity contribution in [3.05, 3.63) is 47.4 Å². The molecule has 3 aromatic rings. The van der Waals surface area contributed by atoms with E-state index < -0.39 is 5.91 Å². The first-order chi connectivity index (χ1) is 13.1. The van der Waals surface area contributed by atoms with E-state index in [2.05, 4.69) is 15.4 Å². The summed E-state index contributed by atoms with van der Waals surface area (Å²) < 4.78 is 5.47. The van der Waals surface area contributed by atoms with Crippen molar-refractivity contribution in [3.63, 3.8) is 0 Å². The van der Waals surface area contributed by atoms with Gasteiger partial charge in [-0.15, -0.1) is 11.3 Å². The van der Waals surface area contributed by atoms with Crippen LogP contribution in [0.3, 0.4) is 0 Å². The number of fused-ring (bicyclic) bond motifs is 1. The number of aldehydes is 1. The highest BCUT2D eigenvalue weighted by atomic mass is 32.1. The third kappa shape index (κ3) is 3.57. The van der Waals surface area contributed by atoms with Crippen LogP contribution in [-0.2, 0) is 9.59 Å². The predicted molar refractivity (Wildman–Crippen MR) is 106 cm³/mol. The minimum absolute atomic E-state index is 0.277. The summed E-state index contributed by atoms with van der Waals surface area (Å²) in [4.78, 5) is 33.8. The Kier molecular flexibility index (Phi) is 5.58. The van der Waals surface area contributed by atoms with E-state index in [0.29, 0.717) is 34.6 Å². The Balaban J connectivity index is 2.29. The van der Waals surface area contributed by atoms with Gasteiger partial charge in [-0.3, -0.25) is 9.59 Å². The first kappa shape index (κ1) is 18.7. The summed E-state index contributed by atoms with van der Waals surface area (Å²) in [6.45, 7) is 1.57. The summed E-state index contributed by atoms with van der Waals surface area (Å²) in [5.41, 5.74) is 3.78. The van der Waals surface area contributed by atoms with Gasteiger partial charge in [-0.2, -0.15) is 0 Å². The summed E-state index contributed by atoms with van der Waals surface area (Å²) in [5.74, 6) is 1.01. The van der Waals surface area contributed by atoms with E-state index in [0.717, 1.165) is 4.88 Å². The molecule has 0 fully saturated rings. The van der Waals surface area contributed by atoms with Crippen LogP contribution in [0.1, 0.15) is 6.92 Å². The molecule has 0 aliphatic rings. The monoisotopic (exact) mass is 382 g/mol. The normalized spacial score (nSPS) is 11.4. The number of carbonyl (C=O) groups is 2. The highest BCUT2D eigenvalue weighted by Gasteiger charge is 2.23. The fourth-order valence-electron chi connectivity index (χ4n) is 2.63. The molecule has 27 heavy (non-hydrogen) atoms. The number of thiophene rings is 1. The summed E-state index contributed by atoms with van der Waals surface area (Å²) in [5, 5.41) is 3.83. The Morgan fingerprint density at radius 1 is 1.26 bits per heavy atom. The second-order valence-corrected chi connectivity index (χ2v) is 6.50. The van der Waals surface area contributed by atoms with Gasteiger partial charge in [0.25, 0.3) is 5.91 Å². The van der Waals surface area contributed by atoms with E-state index in [1.807, 2.05) is 29.6 Å². The molecule has 0 aliphatic heterocycles. The second kappa shape index (κ2) is 8.07. The largest absolute Gasteiger partial charge is 0.496 e. The Labute approximate surface area is 160 Å². The zero-order chi connectivity index (χ0) is 19.4. The van der Waals surface area contributed by atoms with E-state index in [9.17, 15) is 9.59 Å². The molecular formula is C19H18N4O3S. The van der Waals surface area contributed by atoms with Gasteiger partial charge in [-0.25, -0.2) is 20.4 Å². The lowest BCUT2D eigenvalue weighted by atomic mass is 10.2. The maximum Gasteiger partial charge on any atom is 0.269 e. The van der Waals surface area contributed by atoms with Crippen molar-refractivity contribution < 1.29 is 14.3 Å². The molecule has 0 radical (unpaired) electrons. The van der Waals surface area contributed by atoms with Crippen LogP contribution in [0.5, 0.6) is 5.75 Å². The van der Waals surface area contributed by atoms with Gasteiger partial charge >= 0.3 is 0 Å². The van der Waals surface area contributed by atoms with Crippen LogP contribution < -0.4 is 15.2 Å². The number of allylic oxidation sites excluding steroid dienone is 1. The number of benzene rings is 1. The number of amides is 1. The molecule has 0 bridgehead atoms. The van der Waals surface area contributed by atoms with E-state index in [-0.39, 0.29) is 5.57 Å². The van der Waals surface area contributed by atoms with Crippen LogP contribution in [0.4, 0.5) is 5.82 Å². The van der Waals surface area contributed by atoms with Crippen LogP contribution in [0.25, 0.3) is 21.6 Å². The van der Waals surface area contributed by atoms with Crippen molar-refractivity contribution in [1.29, 1.82) is 0 Å². The van der Waals surface area contributed by atoms with Crippen molar-refractivity contribution in [2.45, 2.75) is 6.92 Å². The molecule has 8 heteroatoms. The average molecular weight is 382 g/mol. The van der Waals surface area contributed by atoms with Gasteiger partial charge in [0.05, 0.1) is 22.9 Å². The molecule has 1 amide bonds. The first-order valence-corrected chi connectivity index (χ1v) is 9.01. The van der Waals surface area contributed by atoms with E-state index >= 15 is 0 Å². The molecule has 7 nitrogen and oxygen atoms in total. The lowest BCUT2D eigenvalue weighted by molar-refractivity contribution is -0.116. The number of nitrogens with zero attached hydrogens (tertiary/aromatic N) is 3. The molecule has 1 N–H and O–H groups in total. The number of hydrazine groups is 1. The van der Waals surface area contributed by atoms with Crippen molar-refractivity contribution in [2.24, 2.45) is 0 Å². The number of rotatable bonds is 6. The summed E-state index contributed by atoms with van der Waals surface area (Å²) >= 11 is 1.51. The Morgan fingerprint density at radius 3 is 2.70 bits per heavy atom. The predicted octanol–water partition coefficient (Wildman–Crippen LogP) is 2.98. The molecule has 2 heterocycles. The van der Waals surface area contributed by atoms with Crippen molar-refractivity contribution >= 4 is 40.3 Å². The lowest BCUT2D eigenvalue weighted by Gasteiger charge is -2.23. The molecule has 3 rings (SSSR count). The lowest BCUT2D eigenvalue weighted by Crippen LogP contribution is -2.42. The molecule has 0 atom stereocenters. The minimum atomic E-state index is -0.396. The zero-order valence-electron chi connectivity index (χ0n) is 15.1. The number of hydrogen-bond donors (Lipinski definition) is 1. The van der Waals surface area contributed by atoms with E-state index in [1.165, 1.54) is 22.4 Å². The Bertz CT molecular complexity index is 1020. The second-order valence-electron chi connectivity index (χ2n) is 5.55. The van der Waals surface area contributed by atoms with Gasteiger partial charge in [0.1, 0.15) is 12.0 Å². The average Bonchev–Trinajstić information content (AvgIpc) is 3.22. The fourth-order valence-corrected chi connectivity index (χ4v) is 3.29. The fraction of sp³-hybridized carbons (Fsp3) is 0.158. The quantitative estimate of drug-likeness (QED) is 0.401. The van der Waals surface area contributed by atoms with Crippen LogP contribution in [-0.4, -0.2) is 36.3 Å². The molecule has 0 saturated heterocycles. The van der Waals surface area contributed by atoms with Crippen LogP contribution in [0, 0.1) is 0 Å². The van der Waals surface area contributed by atoms with Crippen molar-refractivity contribution in [2.75, 3.05) is 19.2 Å². The third-order valence-electron chi connectivity index (χ3n) is 3.92. The standard InChI is InChI=1S/C19H18N4O3S/c1-12(9-10-24)19(25)23(20-2)18-16-13(6-4-7-14(16)26-3)21-17(22-18)15-8-5-11-27-15/h4-11,20H,1-3H3/b12-9-. The van der Waals surface area contributed by atoms with Crippen molar-refractivity contribution in [3.8, 4) is 16.5 Å². The maximum atomic E-state index is 12.8. The van der Waals surface area contributed by atoms with Gasteiger partial charge in [-0.05, 0) is 36.6 Å². The van der Waals surface area contributed by atoms with Crippen LogP contribution in [0.2, 0.25) is 0 Å². The molecule has 1 aromatic carbocycles. The minimum Gasteiger partial charge on any atom is -0.496 e. The van der Waals surface area contributed by atoms with Crippen LogP contribution >= 0.6 is 11.3 Å². The molecule has 138 valence electrons. The summed E-state index contributed by atoms with van der Waals surface area (Å²) in [6.07, 6.45) is 1.80. The maximum absolute atomic E-state index is 12.8. The van der Waals surface area contributed by atoms with Crippen molar-refractivity contribution in [1.82, 2.24) is 15.4 Å². The molecule has 0 unspecified atom stereocenters. The van der Waals surface area contributed by atoms with Gasteiger partial charge in [0.15, 0.2) is 11.6 Å². The molecule has 0 saturated carbocycles. The van der Waals surface area contributed by atoms with Gasteiger partial charge < -0.3 is 4.74 Å². The molecule has 0 spiro atoms.